The van der Waals surface area contributed by atoms with Crippen LogP contribution < -0.4 is 5.32 Å². The summed E-state index contributed by atoms with van der Waals surface area (Å²) in [6.45, 7) is 4.53. The topological polar surface area (TPSA) is 71.2 Å². The molecule has 0 aliphatic heterocycles. The first-order chi connectivity index (χ1) is 9.13. The lowest BCUT2D eigenvalue weighted by Gasteiger charge is -2.12. The Morgan fingerprint density at radius 1 is 1.32 bits per heavy atom. The fourth-order valence-corrected chi connectivity index (χ4v) is 1.82. The summed E-state index contributed by atoms with van der Waals surface area (Å²) in [5.74, 6) is 1.59. The number of aromatic hydroxyl groups is 1. The molecular formula is C14H19N3O2. The predicted octanol–water partition coefficient (Wildman–Crippen LogP) is 2.19. The number of benzene rings is 1. The van der Waals surface area contributed by atoms with Crippen LogP contribution >= 0.6 is 0 Å². The van der Waals surface area contributed by atoms with Gasteiger partial charge in [0.05, 0.1) is 6.54 Å². The van der Waals surface area contributed by atoms with Crippen LogP contribution in [0.15, 0.2) is 28.8 Å². The number of phenolic OH excluding ortho intramolecular Hbond substituents is 1. The highest BCUT2D eigenvalue weighted by atomic mass is 16.5. The molecule has 2 rings (SSSR count). The Kier molecular flexibility index (Phi) is 4.52. The third-order valence-electron chi connectivity index (χ3n) is 2.97. The Balaban J connectivity index is 1.72. The van der Waals surface area contributed by atoms with Crippen LogP contribution in [0.25, 0.3) is 0 Å². The fraction of sp³-hybridized carbons (Fsp3) is 0.429. The molecule has 1 unspecified atom stereocenters. The summed E-state index contributed by atoms with van der Waals surface area (Å²) in [5, 5.41) is 16.3. The molecule has 0 spiro atoms. The lowest BCUT2D eigenvalue weighted by atomic mass is 10.1. The summed E-state index contributed by atoms with van der Waals surface area (Å²) in [4.78, 5) is 4.14. The van der Waals surface area contributed by atoms with Crippen molar-refractivity contribution < 1.29 is 9.63 Å². The van der Waals surface area contributed by atoms with Gasteiger partial charge in [0.2, 0.25) is 5.89 Å². The van der Waals surface area contributed by atoms with E-state index in [0.29, 0.717) is 30.1 Å². The van der Waals surface area contributed by atoms with Crippen molar-refractivity contribution >= 4 is 0 Å². The van der Waals surface area contributed by atoms with Crippen molar-refractivity contribution in [1.82, 2.24) is 15.5 Å². The number of hydrogen-bond acceptors (Lipinski definition) is 5. The van der Waals surface area contributed by atoms with E-state index >= 15 is 0 Å². The number of nitrogens with zero attached hydrogens (tertiary/aromatic N) is 2. The number of hydrogen-bond donors (Lipinski definition) is 2. The normalized spacial score (nSPS) is 12.5. The largest absolute Gasteiger partial charge is 0.508 e. The molecule has 0 amide bonds. The standard InChI is InChI=1S/C14H19N3O2/c1-10(15-9-14-16-11(2)17-19-14)3-4-12-5-7-13(18)8-6-12/h5-8,10,15,18H,3-4,9H2,1-2H3. The van der Waals surface area contributed by atoms with Gasteiger partial charge in [-0.2, -0.15) is 4.98 Å². The average Bonchev–Trinajstić information content (AvgIpc) is 2.81. The molecule has 102 valence electrons. The first-order valence-corrected chi connectivity index (χ1v) is 6.44. The van der Waals surface area contributed by atoms with Gasteiger partial charge in [-0.25, -0.2) is 0 Å². The summed E-state index contributed by atoms with van der Waals surface area (Å²) in [7, 11) is 0. The molecule has 2 aromatic rings. The van der Waals surface area contributed by atoms with Gasteiger partial charge >= 0.3 is 0 Å². The molecule has 0 saturated heterocycles. The van der Waals surface area contributed by atoms with Gasteiger partial charge in [-0.3, -0.25) is 0 Å². The second-order valence-corrected chi connectivity index (χ2v) is 4.72. The Hall–Kier alpha value is -1.88. The highest BCUT2D eigenvalue weighted by molar-refractivity contribution is 5.25. The number of nitrogens with one attached hydrogen (secondary N) is 1. The minimum atomic E-state index is 0.307. The minimum Gasteiger partial charge on any atom is -0.508 e. The van der Waals surface area contributed by atoms with E-state index < -0.39 is 0 Å². The van der Waals surface area contributed by atoms with Gasteiger partial charge in [0.1, 0.15) is 5.75 Å². The van der Waals surface area contributed by atoms with Crippen LogP contribution in [-0.2, 0) is 13.0 Å². The van der Waals surface area contributed by atoms with Gasteiger partial charge in [0, 0.05) is 6.04 Å². The van der Waals surface area contributed by atoms with Crippen LogP contribution in [0.5, 0.6) is 5.75 Å². The summed E-state index contributed by atoms with van der Waals surface area (Å²) in [6.07, 6.45) is 1.98. The molecule has 5 heteroatoms. The van der Waals surface area contributed by atoms with Crippen molar-refractivity contribution in [2.24, 2.45) is 0 Å². The van der Waals surface area contributed by atoms with Crippen molar-refractivity contribution in [3.63, 3.8) is 0 Å². The quantitative estimate of drug-likeness (QED) is 0.834. The molecule has 1 aromatic carbocycles. The van der Waals surface area contributed by atoms with Gasteiger partial charge < -0.3 is 14.9 Å². The van der Waals surface area contributed by atoms with Crippen LogP contribution in [0.1, 0.15) is 30.6 Å². The van der Waals surface area contributed by atoms with E-state index in [1.54, 1.807) is 19.1 Å². The van der Waals surface area contributed by atoms with Crippen molar-refractivity contribution in [2.45, 2.75) is 39.3 Å². The van der Waals surface area contributed by atoms with Crippen molar-refractivity contribution in [3.05, 3.63) is 41.5 Å². The van der Waals surface area contributed by atoms with Crippen molar-refractivity contribution in [3.8, 4) is 5.75 Å². The Morgan fingerprint density at radius 2 is 2.05 bits per heavy atom. The Labute approximate surface area is 112 Å². The second kappa shape index (κ2) is 6.33. The fourth-order valence-electron chi connectivity index (χ4n) is 1.82. The third-order valence-corrected chi connectivity index (χ3v) is 2.97. The lowest BCUT2D eigenvalue weighted by molar-refractivity contribution is 0.354. The maximum absolute atomic E-state index is 9.21. The number of aromatic nitrogens is 2. The summed E-state index contributed by atoms with van der Waals surface area (Å²) >= 11 is 0. The Morgan fingerprint density at radius 3 is 2.68 bits per heavy atom. The SMILES string of the molecule is Cc1noc(CNC(C)CCc2ccc(O)cc2)n1. The summed E-state index contributed by atoms with van der Waals surface area (Å²) in [6, 6.07) is 7.69. The average molecular weight is 261 g/mol. The van der Waals surface area contributed by atoms with E-state index in [1.807, 2.05) is 12.1 Å². The molecule has 0 aliphatic carbocycles. The van der Waals surface area contributed by atoms with Crippen molar-refractivity contribution in [1.29, 1.82) is 0 Å². The molecule has 0 saturated carbocycles. The zero-order valence-corrected chi connectivity index (χ0v) is 11.3. The molecule has 0 bridgehead atoms. The minimum absolute atomic E-state index is 0.307. The molecule has 0 fully saturated rings. The van der Waals surface area contributed by atoms with Crippen LogP contribution in [-0.4, -0.2) is 21.3 Å². The van der Waals surface area contributed by atoms with E-state index in [4.69, 9.17) is 4.52 Å². The molecule has 1 heterocycles. The summed E-state index contributed by atoms with van der Waals surface area (Å²) in [5.41, 5.74) is 1.22. The first-order valence-electron chi connectivity index (χ1n) is 6.44. The van der Waals surface area contributed by atoms with E-state index in [0.717, 1.165) is 12.8 Å². The molecule has 5 nitrogen and oxygen atoms in total. The zero-order valence-electron chi connectivity index (χ0n) is 11.3. The van der Waals surface area contributed by atoms with Crippen LogP contribution in [0.2, 0.25) is 0 Å². The molecule has 19 heavy (non-hydrogen) atoms. The molecule has 2 N–H and O–H groups in total. The van der Waals surface area contributed by atoms with Gasteiger partial charge in [-0.1, -0.05) is 17.3 Å². The third kappa shape index (κ3) is 4.37. The number of aryl methyl sites for hydroxylation is 2. The van der Waals surface area contributed by atoms with Crippen molar-refractivity contribution in [2.75, 3.05) is 0 Å². The second-order valence-electron chi connectivity index (χ2n) is 4.72. The van der Waals surface area contributed by atoms with E-state index in [2.05, 4.69) is 22.4 Å². The van der Waals surface area contributed by atoms with Crippen LogP contribution in [0.3, 0.4) is 0 Å². The van der Waals surface area contributed by atoms with Gasteiger partial charge in [0.15, 0.2) is 5.82 Å². The molecule has 0 radical (unpaired) electrons. The highest BCUT2D eigenvalue weighted by Gasteiger charge is 2.06. The van der Waals surface area contributed by atoms with E-state index in [-0.39, 0.29) is 0 Å². The molecular weight excluding hydrogens is 242 g/mol. The maximum atomic E-state index is 9.21. The Bertz CT molecular complexity index is 508. The van der Waals surface area contributed by atoms with Crippen LogP contribution in [0.4, 0.5) is 0 Å². The smallest absolute Gasteiger partial charge is 0.240 e. The number of phenols is 1. The van der Waals surface area contributed by atoms with Crippen LogP contribution in [0, 0.1) is 6.92 Å². The predicted molar refractivity (Wildman–Crippen MR) is 71.8 cm³/mol. The van der Waals surface area contributed by atoms with E-state index in [1.165, 1.54) is 5.56 Å². The molecule has 1 aromatic heterocycles. The van der Waals surface area contributed by atoms with Gasteiger partial charge in [-0.15, -0.1) is 0 Å². The zero-order chi connectivity index (χ0) is 13.7. The number of rotatable bonds is 6. The monoisotopic (exact) mass is 261 g/mol. The molecule has 1 atom stereocenters. The van der Waals surface area contributed by atoms with Gasteiger partial charge in [-0.05, 0) is 44.4 Å². The van der Waals surface area contributed by atoms with E-state index in [9.17, 15) is 5.11 Å². The maximum Gasteiger partial charge on any atom is 0.240 e. The van der Waals surface area contributed by atoms with Gasteiger partial charge in [0.25, 0.3) is 0 Å². The highest BCUT2D eigenvalue weighted by Crippen LogP contribution is 2.12. The summed E-state index contributed by atoms with van der Waals surface area (Å²) < 4.78 is 5.04. The lowest BCUT2D eigenvalue weighted by Crippen LogP contribution is -2.26. The first kappa shape index (κ1) is 13.5. The molecule has 0 aliphatic rings.